The van der Waals surface area contributed by atoms with Crippen LogP contribution in [0.2, 0.25) is 0 Å². The standard InChI is InChI=1S/C18H15F2N3O3/c1-18(12-4-6-13(26-2)7-5-12)16(24)23(17(25)22-18)21-10-11-3-8-14(19)15(20)9-11/h3-10H,1-2H3,(H,22,25)/b21-10-/t18-/m0/s1. The summed E-state index contributed by atoms with van der Waals surface area (Å²) in [5.41, 5.74) is -0.529. The van der Waals surface area contributed by atoms with Gasteiger partial charge in [0.1, 0.15) is 11.3 Å². The molecule has 0 spiro atoms. The number of halogens is 2. The van der Waals surface area contributed by atoms with Crippen molar-refractivity contribution in [3.05, 3.63) is 65.2 Å². The lowest BCUT2D eigenvalue weighted by Crippen LogP contribution is -2.40. The molecule has 1 heterocycles. The molecule has 0 unspecified atom stereocenters. The zero-order chi connectivity index (χ0) is 18.9. The molecular formula is C18H15F2N3O3. The molecular weight excluding hydrogens is 344 g/mol. The molecule has 134 valence electrons. The Morgan fingerprint density at radius 1 is 1.12 bits per heavy atom. The van der Waals surface area contributed by atoms with Crippen LogP contribution in [0.5, 0.6) is 5.75 Å². The maximum Gasteiger partial charge on any atom is 0.346 e. The minimum atomic E-state index is -1.30. The third kappa shape index (κ3) is 3.01. The number of methoxy groups -OCH3 is 1. The smallest absolute Gasteiger partial charge is 0.346 e. The summed E-state index contributed by atoms with van der Waals surface area (Å²) in [7, 11) is 1.52. The molecule has 1 saturated heterocycles. The molecule has 3 rings (SSSR count). The molecule has 26 heavy (non-hydrogen) atoms. The van der Waals surface area contributed by atoms with Crippen LogP contribution in [0.4, 0.5) is 13.6 Å². The first-order valence-electron chi connectivity index (χ1n) is 7.65. The van der Waals surface area contributed by atoms with Gasteiger partial charge < -0.3 is 10.1 Å². The van der Waals surface area contributed by atoms with Crippen molar-refractivity contribution in [2.45, 2.75) is 12.5 Å². The van der Waals surface area contributed by atoms with Crippen molar-refractivity contribution in [1.82, 2.24) is 10.3 Å². The molecule has 1 N–H and O–H groups in total. The van der Waals surface area contributed by atoms with Crippen LogP contribution < -0.4 is 10.1 Å². The van der Waals surface area contributed by atoms with Gasteiger partial charge in [0.25, 0.3) is 5.91 Å². The Labute approximate surface area is 148 Å². The molecule has 0 saturated carbocycles. The zero-order valence-electron chi connectivity index (χ0n) is 14.0. The van der Waals surface area contributed by atoms with Gasteiger partial charge >= 0.3 is 6.03 Å². The van der Waals surface area contributed by atoms with Crippen LogP contribution >= 0.6 is 0 Å². The van der Waals surface area contributed by atoms with E-state index in [1.165, 1.54) is 13.2 Å². The van der Waals surface area contributed by atoms with E-state index in [0.717, 1.165) is 18.3 Å². The third-order valence-corrected chi connectivity index (χ3v) is 4.10. The highest BCUT2D eigenvalue weighted by atomic mass is 19.2. The van der Waals surface area contributed by atoms with Crippen molar-refractivity contribution < 1.29 is 23.1 Å². The highest BCUT2D eigenvalue weighted by Gasteiger charge is 2.49. The second-order valence-electron chi connectivity index (χ2n) is 5.82. The number of hydrogen-bond acceptors (Lipinski definition) is 4. The Balaban J connectivity index is 1.85. The van der Waals surface area contributed by atoms with Crippen LogP contribution in [0, 0.1) is 11.6 Å². The average Bonchev–Trinajstić information content (AvgIpc) is 2.86. The molecule has 1 aliphatic heterocycles. The molecule has 8 heteroatoms. The first kappa shape index (κ1) is 17.5. The summed E-state index contributed by atoms with van der Waals surface area (Å²) in [5, 5.41) is 7.06. The van der Waals surface area contributed by atoms with Crippen molar-refractivity contribution in [2.24, 2.45) is 5.10 Å². The van der Waals surface area contributed by atoms with Gasteiger partial charge in [0, 0.05) is 0 Å². The molecule has 1 aliphatic rings. The number of urea groups is 1. The van der Waals surface area contributed by atoms with E-state index >= 15 is 0 Å². The number of carbonyl (C=O) groups excluding carboxylic acids is 2. The Bertz CT molecular complexity index is 899. The Hall–Kier alpha value is -3.29. The maximum atomic E-state index is 13.2. The number of nitrogens with one attached hydrogen (secondary N) is 1. The molecule has 2 aromatic rings. The fourth-order valence-corrected chi connectivity index (χ4v) is 2.57. The third-order valence-electron chi connectivity index (χ3n) is 4.10. The number of nitrogens with zero attached hydrogens (tertiary/aromatic N) is 2. The van der Waals surface area contributed by atoms with E-state index in [1.54, 1.807) is 31.2 Å². The number of carbonyl (C=O) groups is 2. The van der Waals surface area contributed by atoms with E-state index in [1.807, 2.05) is 0 Å². The van der Waals surface area contributed by atoms with Crippen molar-refractivity contribution in [3.63, 3.8) is 0 Å². The molecule has 3 amide bonds. The van der Waals surface area contributed by atoms with Gasteiger partial charge in [-0.25, -0.2) is 13.6 Å². The van der Waals surface area contributed by atoms with E-state index in [9.17, 15) is 18.4 Å². The van der Waals surface area contributed by atoms with Crippen LogP contribution in [0.3, 0.4) is 0 Å². The highest BCUT2D eigenvalue weighted by molar-refractivity contribution is 6.07. The van der Waals surface area contributed by atoms with E-state index in [0.29, 0.717) is 16.3 Å². The quantitative estimate of drug-likeness (QED) is 0.674. The topological polar surface area (TPSA) is 71.0 Å². The summed E-state index contributed by atoms with van der Waals surface area (Å²) in [6.45, 7) is 1.56. The lowest BCUT2D eigenvalue weighted by molar-refractivity contribution is -0.131. The second-order valence-corrected chi connectivity index (χ2v) is 5.82. The number of imide groups is 1. The van der Waals surface area contributed by atoms with Crippen LogP contribution in [-0.4, -0.2) is 30.3 Å². The van der Waals surface area contributed by atoms with Crippen LogP contribution in [0.15, 0.2) is 47.6 Å². The van der Waals surface area contributed by atoms with Gasteiger partial charge in [0.2, 0.25) is 0 Å². The molecule has 1 atom stereocenters. The summed E-state index contributed by atoms with van der Waals surface area (Å²) in [6, 6.07) is 9.10. The van der Waals surface area contributed by atoms with E-state index in [4.69, 9.17) is 4.74 Å². The summed E-state index contributed by atoms with van der Waals surface area (Å²) in [5.74, 6) is -2.02. The predicted molar refractivity (Wildman–Crippen MR) is 89.7 cm³/mol. The highest BCUT2D eigenvalue weighted by Crippen LogP contribution is 2.30. The number of amides is 3. The van der Waals surface area contributed by atoms with Crippen molar-refractivity contribution in [2.75, 3.05) is 7.11 Å². The van der Waals surface area contributed by atoms with Gasteiger partial charge in [-0.15, -0.1) is 5.01 Å². The zero-order valence-corrected chi connectivity index (χ0v) is 14.0. The Kier molecular flexibility index (Phi) is 4.41. The molecule has 0 aliphatic carbocycles. The van der Waals surface area contributed by atoms with Gasteiger partial charge in [0.05, 0.1) is 13.3 Å². The molecule has 0 bridgehead atoms. The van der Waals surface area contributed by atoms with Gasteiger partial charge in [-0.2, -0.15) is 5.10 Å². The van der Waals surface area contributed by atoms with Crippen LogP contribution in [0.1, 0.15) is 18.1 Å². The fourth-order valence-electron chi connectivity index (χ4n) is 2.57. The fraction of sp³-hybridized carbons (Fsp3) is 0.167. The lowest BCUT2D eigenvalue weighted by Gasteiger charge is -2.21. The Morgan fingerprint density at radius 2 is 1.81 bits per heavy atom. The largest absolute Gasteiger partial charge is 0.497 e. The van der Waals surface area contributed by atoms with Gasteiger partial charge in [0.15, 0.2) is 11.6 Å². The first-order valence-corrected chi connectivity index (χ1v) is 7.65. The number of hydrogen-bond donors (Lipinski definition) is 1. The summed E-state index contributed by atoms with van der Waals surface area (Å²) < 4.78 is 31.3. The Morgan fingerprint density at radius 3 is 2.42 bits per heavy atom. The van der Waals surface area contributed by atoms with Crippen LogP contribution in [-0.2, 0) is 10.3 Å². The molecule has 0 radical (unpaired) electrons. The molecule has 0 aromatic heterocycles. The van der Waals surface area contributed by atoms with Crippen molar-refractivity contribution in [1.29, 1.82) is 0 Å². The predicted octanol–water partition coefficient (Wildman–Crippen LogP) is 2.77. The normalized spacial score (nSPS) is 19.9. The van der Waals surface area contributed by atoms with Gasteiger partial charge in [-0.3, -0.25) is 4.79 Å². The van der Waals surface area contributed by atoms with E-state index in [-0.39, 0.29) is 5.56 Å². The number of rotatable bonds is 4. The number of hydrazone groups is 1. The van der Waals surface area contributed by atoms with Crippen LogP contribution in [0.25, 0.3) is 0 Å². The van der Waals surface area contributed by atoms with Crippen molar-refractivity contribution >= 4 is 18.2 Å². The number of ether oxygens (including phenoxy) is 1. The minimum Gasteiger partial charge on any atom is -0.497 e. The monoisotopic (exact) mass is 359 g/mol. The molecule has 6 nitrogen and oxygen atoms in total. The average molecular weight is 359 g/mol. The summed E-state index contributed by atoms with van der Waals surface area (Å²) >= 11 is 0. The molecule has 1 fully saturated rings. The maximum absolute atomic E-state index is 13.2. The van der Waals surface area contributed by atoms with Crippen molar-refractivity contribution in [3.8, 4) is 5.75 Å². The van der Waals surface area contributed by atoms with Gasteiger partial charge in [-0.05, 0) is 42.3 Å². The lowest BCUT2D eigenvalue weighted by atomic mass is 9.92. The second kappa shape index (κ2) is 6.55. The minimum absolute atomic E-state index is 0.211. The summed E-state index contributed by atoms with van der Waals surface area (Å²) in [6.07, 6.45) is 1.11. The number of benzene rings is 2. The van der Waals surface area contributed by atoms with Gasteiger partial charge in [-0.1, -0.05) is 18.2 Å². The van der Waals surface area contributed by atoms with E-state index in [2.05, 4.69) is 10.4 Å². The SMILES string of the molecule is COc1ccc([C@]2(C)NC(=O)N(/N=C\c3ccc(F)c(F)c3)C2=O)cc1. The summed E-state index contributed by atoms with van der Waals surface area (Å²) in [4.78, 5) is 24.9. The molecule has 2 aromatic carbocycles. The van der Waals surface area contributed by atoms with E-state index < -0.39 is 29.1 Å². The first-order chi connectivity index (χ1) is 12.3.